The van der Waals surface area contributed by atoms with Crippen LogP contribution in [0.5, 0.6) is 5.75 Å². The van der Waals surface area contributed by atoms with Gasteiger partial charge in [-0.2, -0.15) is 0 Å². The third-order valence-electron chi connectivity index (χ3n) is 3.12. The average molecular weight is 288 g/mol. The second-order valence-electron chi connectivity index (χ2n) is 5.39. The summed E-state index contributed by atoms with van der Waals surface area (Å²) >= 11 is 0. The molecule has 2 aromatic rings. The Morgan fingerprint density at radius 3 is 2.52 bits per heavy atom. The summed E-state index contributed by atoms with van der Waals surface area (Å²) in [6, 6.07) is 9.38. The fourth-order valence-electron chi connectivity index (χ4n) is 1.83. The van der Waals surface area contributed by atoms with E-state index in [1.54, 1.807) is 26.8 Å². The lowest BCUT2D eigenvalue weighted by Gasteiger charge is -2.24. The molecule has 0 bridgehead atoms. The molecule has 1 amide bonds. The minimum atomic E-state index is -1.01. The van der Waals surface area contributed by atoms with Crippen molar-refractivity contribution in [3.05, 3.63) is 41.7 Å². The van der Waals surface area contributed by atoms with Crippen molar-refractivity contribution in [2.45, 2.75) is 39.7 Å². The standard InChI is InChI=1S/C16H20N2O3/c1-5-12-6-8-13(9-7-12)20-16(3,4)15(19)17-14-10-11(2)21-18-14/h6-10H,5H2,1-4H3,(H,17,18,19). The number of hydrogen-bond donors (Lipinski definition) is 1. The van der Waals surface area contributed by atoms with Crippen molar-refractivity contribution in [1.29, 1.82) is 0 Å². The molecule has 112 valence electrons. The highest BCUT2D eigenvalue weighted by Gasteiger charge is 2.30. The number of ether oxygens (including phenoxy) is 1. The van der Waals surface area contributed by atoms with E-state index < -0.39 is 5.60 Å². The number of carbonyl (C=O) groups excluding carboxylic acids is 1. The van der Waals surface area contributed by atoms with Gasteiger partial charge in [0.05, 0.1) is 0 Å². The van der Waals surface area contributed by atoms with Crippen molar-refractivity contribution < 1.29 is 14.1 Å². The van der Waals surface area contributed by atoms with Crippen molar-refractivity contribution >= 4 is 11.7 Å². The summed E-state index contributed by atoms with van der Waals surface area (Å²) in [6.45, 7) is 7.28. The summed E-state index contributed by atoms with van der Waals surface area (Å²) < 4.78 is 10.7. The van der Waals surface area contributed by atoms with E-state index >= 15 is 0 Å². The normalized spacial score (nSPS) is 11.2. The van der Waals surface area contributed by atoms with Crippen LogP contribution in [-0.2, 0) is 11.2 Å². The number of nitrogens with zero attached hydrogens (tertiary/aromatic N) is 1. The Morgan fingerprint density at radius 2 is 2.00 bits per heavy atom. The van der Waals surface area contributed by atoms with E-state index in [-0.39, 0.29) is 5.91 Å². The first-order valence-electron chi connectivity index (χ1n) is 6.93. The first-order valence-corrected chi connectivity index (χ1v) is 6.93. The molecule has 5 heteroatoms. The van der Waals surface area contributed by atoms with Crippen molar-refractivity contribution in [2.24, 2.45) is 0 Å². The van der Waals surface area contributed by atoms with Crippen molar-refractivity contribution in [2.75, 3.05) is 5.32 Å². The summed E-state index contributed by atoms with van der Waals surface area (Å²) in [4.78, 5) is 12.3. The quantitative estimate of drug-likeness (QED) is 0.916. The third kappa shape index (κ3) is 3.84. The van der Waals surface area contributed by atoms with E-state index in [4.69, 9.17) is 9.26 Å². The first-order chi connectivity index (χ1) is 9.90. The van der Waals surface area contributed by atoms with Gasteiger partial charge in [-0.05, 0) is 44.9 Å². The average Bonchev–Trinajstić information content (AvgIpc) is 2.84. The summed E-state index contributed by atoms with van der Waals surface area (Å²) in [5.74, 6) is 1.40. The maximum absolute atomic E-state index is 12.3. The topological polar surface area (TPSA) is 64.4 Å². The summed E-state index contributed by atoms with van der Waals surface area (Å²) in [5.41, 5.74) is 0.211. The molecule has 0 spiro atoms. The predicted molar refractivity (Wildman–Crippen MR) is 80.4 cm³/mol. The Balaban J connectivity index is 2.03. The molecule has 21 heavy (non-hydrogen) atoms. The molecular weight excluding hydrogens is 268 g/mol. The highest BCUT2D eigenvalue weighted by molar-refractivity contribution is 5.96. The van der Waals surface area contributed by atoms with Crippen LogP contribution in [0.3, 0.4) is 0 Å². The largest absolute Gasteiger partial charge is 0.478 e. The number of carbonyl (C=O) groups is 1. The molecular formula is C16H20N2O3. The lowest BCUT2D eigenvalue weighted by molar-refractivity contribution is -0.128. The Morgan fingerprint density at radius 1 is 1.33 bits per heavy atom. The van der Waals surface area contributed by atoms with E-state index in [0.29, 0.717) is 17.3 Å². The van der Waals surface area contributed by atoms with Crippen LogP contribution in [0.15, 0.2) is 34.9 Å². The van der Waals surface area contributed by atoms with Crippen LogP contribution in [-0.4, -0.2) is 16.7 Å². The number of amides is 1. The van der Waals surface area contributed by atoms with Gasteiger partial charge in [0.1, 0.15) is 11.5 Å². The maximum Gasteiger partial charge on any atom is 0.269 e. The predicted octanol–water partition coefficient (Wildman–Crippen LogP) is 3.34. The molecule has 0 aliphatic rings. The van der Waals surface area contributed by atoms with Gasteiger partial charge >= 0.3 is 0 Å². The highest BCUT2D eigenvalue weighted by Crippen LogP contribution is 2.21. The van der Waals surface area contributed by atoms with Gasteiger partial charge in [-0.25, -0.2) is 0 Å². The molecule has 0 atom stereocenters. The van der Waals surface area contributed by atoms with Crippen molar-refractivity contribution in [1.82, 2.24) is 5.16 Å². The SMILES string of the molecule is CCc1ccc(OC(C)(C)C(=O)Nc2cc(C)on2)cc1. The third-order valence-corrected chi connectivity index (χ3v) is 3.12. The molecule has 1 heterocycles. The first kappa shape index (κ1) is 15.1. The minimum Gasteiger partial charge on any atom is -0.478 e. The lowest BCUT2D eigenvalue weighted by atomic mass is 10.1. The van der Waals surface area contributed by atoms with Crippen LogP contribution in [0, 0.1) is 6.92 Å². The molecule has 2 rings (SSSR count). The van der Waals surface area contributed by atoms with Crippen LogP contribution in [0.1, 0.15) is 32.1 Å². The molecule has 1 N–H and O–H groups in total. The van der Waals surface area contributed by atoms with E-state index in [1.165, 1.54) is 5.56 Å². The number of rotatable bonds is 5. The second-order valence-corrected chi connectivity index (χ2v) is 5.39. The zero-order chi connectivity index (χ0) is 15.5. The van der Waals surface area contributed by atoms with Crippen molar-refractivity contribution in [3.63, 3.8) is 0 Å². The molecule has 1 aromatic carbocycles. The molecule has 0 aliphatic carbocycles. The van der Waals surface area contributed by atoms with E-state index in [9.17, 15) is 4.79 Å². The Hall–Kier alpha value is -2.30. The molecule has 5 nitrogen and oxygen atoms in total. The zero-order valence-electron chi connectivity index (χ0n) is 12.8. The zero-order valence-corrected chi connectivity index (χ0v) is 12.8. The Bertz CT molecular complexity index is 615. The van der Waals surface area contributed by atoms with Gasteiger partial charge in [0.15, 0.2) is 11.4 Å². The van der Waals surface area contributed by atoms with Gasteiger partial charge in [0, 0.05) is 6.07 Å². The molecule has 1 aromatic heterocycles. The summed E-state index contributed by atoms with van der Waals surface area (Å²) in [6.07, 6.45) is 0.968. The summed E-state index contributed by atoms with van der Waals surface area (Å²) in [7, 11) is 0. The van der Waals surface area contributed by atoms with E-state index in [2.05, 4.69) is 17.4 Å². The van der Waals surface area contributed by atoms with Crippen LogP contribution in [0.2, 0.25) is 0 Å². The number of anilines is 1. The number of aromatic nitrogens is 1. The van der Waals surface area contributed by atoms with Gasteiger partial charge in [-0.3, -0.25) is 4.79 Å². The number of benzene rings is 1. The Labute approximate surface area is 124 Å². The summed E-state index contributed by atoms with van der Waals surface area (Å²) in [5, 5.41) is 6.41. The van der Waals surface area contributed by atoms with Gasteiger partial charge in [0.2, 0.25) is 0 Å². The molecule has 0 fully saturated rings. The highest BCUT2D eigenvalue weighted by atomic mass is 16.5. The van der Waals surface area contributed by atoms with Gasteiger partial charge in [-0.1, -0.05) is 24.2 Å². The Kier molecular flexibility index (Phi) is 4.31. The van der Waals surface area contributed by atoms with Gasteiger partial charge < -0.3 is 14.6 Å². The van der Waals surface area contributed by atoms with Crippen LogP contribution in [0.25, 0.3) is 0 Å². The minimum absolute atomic E-state index is 0.282. The van der Waals surface area contributed by atoms with E-state index in [0.717, 1.165) is 6.42 Å². The maximum atomic E-state index is 12.3. The fraction of sp³-hybridized carbons (Fsp3) is 0.375. The van der Waals surface area contributed by atoms with Crippen LogP contribution in [0.4, 0.5) is 5.82 Å². The number of hydrogen-bond acceptors (Lipinski definition) is 4. The van der Waals surface area contributed by atoms with Gasteiger partial charge in [-0.15, -0.1) is 0 Å². The number of aryl methyl sites for hydroxylation is 2. The lowest BCUT2D eigenvalue weighted by Crippen LogP contribution is -2.42. The molecule has 0 aliphatic heterocycles. The van der Waals surface area contributed by atoms with Crippen LogP contribution >= 0.6 is 0 Å². The van der Waals surface area contributed by atoms with Crippen LogP contribution < -0.4 is 10.1 Å². The molecule has 0 saturated carbocycles. The van der Waals surface area contributed by atoms with E-state index in [1.807, 2.05) is 24.3 Å². The molecule has 0 unspecified atom stereocenters. The second kappa shape index (κ2) is 5.99. The molecule has 0 saturated heterocycles. The molecule has 0 radical (unpaired) electrons. The fourth-order valence-corrected chi connectivity index (χ4v) is 1.83. The number of nitrogens with one attached hydrogen (secondary N) is 1. The van der Waals surface area contributed by atoms with Gasteiger partial charge in [0.25, 0.3) is 5.91 Å². The monoisotopic (exact) mass is 288 g/mol. The van der Waals surface area contributed by atoms with Crippen molar-refractivity contribution in [3.8, 4) is 5.75 Å². The smallest absolute Gasteiger partial charge is 0.269 e.